The summed E-state index contributed by atoms with van der Waals surface area (Å²) in [7, 11) is 0. The summed E-state index contributed by atoms with van der Waals surface area (Å²) in [6, 6.07) is 0. The predicted octanol–water partition coefficient (Wildman–Crippen LogP) is -2.68. The van der Waals surface area contributed by atoms with Crippen LogP contribution in [0.1, 0.15) is 0 Å². The van der Waals surface area contributed by atoms with Gasteiger partial charge in [-0.05, 0) is 0 Å². The van der Waals surface area contributed by atoms with Gasteiger partial charge in [-0.2, -0.15) is 0 Å². The normalized spacial score (nSPS) is 45.8. The van der Waals surface area contributed by atoms with Crippen molar-refractivity contribution in [2.75, 3.05) is 6.61 Å². The van der Waals surface area contributed by atoms with E-state index in [4.69, 9.17) is 26.0 Å². The Bertz CT molecular complexity index is 130. The van der Waals surface area contributed by atoms with Crippen LogP contribution in [0.2, 0.25) is 0 Å². The molecular weight excluding hydrogens is 154 g/mol. The quantitative estimate of drug-likeness (QED) is 0.315. The van der Waals surface area contributed by atoms with Crippen molar-refractivity contribution in [3.8, 4) is 0 Å². The maximum absolute atomic E-state index is 9.07. The molecule has 0 aromatic carbocycles. The Hall–Kier alpha value is -0.240. The molecule has 0 aromatic rings. The highest BCUT2D eigenvalue weighted by Crippen LogP contribution is 2.14. The molecule has 1 saturated heterocycles. The lowest BCUT2D eigenvalue weighted by molar-refractivity contribution is -0.271. The highest BCUT2D eigenvalue weighted by atomic mass is 16.8. The van der Waals surface area contributed by atoms with E-state index in [2.05, 4.69) is 4.84 Å². The van der Waals surface area contributed by atoms with Crippen LogP contribution in [0.4, 0.5) is 0 Å². The first kappa shape index (κ1) is 8.85. The van der Waals surface area contributed by atoms with Crippen LogP contribution in [-0.4, -0.2) is 46.5 Å². The van der Waals surface area contributed by atoms with Crippen LogP contribution < -0.4 is 5.90 Å². The minimum Gasteiger partial charge on any atom is -0.388 e. The number of ether oxygens (including phenoxy) is 1. The molecule has 0 spiro atoms. The van der Waals surface area contributed by atoms with E-state index in [1.165, 1.54) is 0 Å². The maximum Gasteiger partial charge on any atom is 0.205 e. The molecule has 0 radical (unpaired) electrons. The molecule has 5 N–H and O–H groups in total. The fourth-order valence-corrected chi connectivity index (χ4v) is 0.899. The first-order valence-corrected chi connectivity index (χ1v) is 3.18. The molecular formula is C5H11NO5. The Morgan fingerprint density at radius 3 is 2.45 bits per heavy atom. The molecule has 0 saturated carbocycles. The lowest BCUT2D eigenvalue weighted by Gasteiger charge is -2.33. The highest BCUT2D eigenvalue weighted by Gasteiger charge is 2.37. The van der Waals surface area contributed by atoms with Crippen LogP contribution in [0, 0.1) is 0 Å². The average Bonchev–Trinajstić information content (AvgIpc) is 2.01. The summed E-state index contributed by atoms with van der Waals surface area (Å²) in [6.07, 6.45) is -4.72. The molecule has 0 amide bonds. The topological polar surface area (TPSA) is 105 Å². The molecule has 0 aromatic heterocycles. The zero-order chi connectivity index (χ0) is 8.43. The van der Waals surface area contributed by atoms with E-state index >= 15 is 0 Å². The second-order valence-electron chi connectivity index (χ2n) is 2.39. The standard InChI is InChI=1S/C5H11NO5/c6-11-5-4(9)3(8)2(7)1-10-5/h2-5,7-9H,1,6H2/t2-,3?,4?,5+/m1/s1. The number of rotatable bonds is 1. The van der Waals surface area contributed by atoms with Gasteiger partial charge in [0.15, 0.2) is 0 Å². The molecule has 0 bridgehead atoms. The number of nitrogens with two attached hydrogens (primary N) is 1. The van der Waals surface area contributed by atoms with Gasteiger partial charge in [0.05, 0.1) is 6.61 Å². The molecule has 6 heteroatoms. The van der Waals surface area contributed by atoms with Crippen LogP contribution in [0.3, 0.4) is 0 Å². The Morgan fingerprint density at radius 1 is 1.27 bits per heavy atom. The van der Waals surface area contributed by atoms with Crippen LogP contribution in [-0.2, 0) is 9.57 Å². The van der Waals surface area contributed by atoms with Crippen molar-refractivity contribution in [1.29, 1.82) is 0 Å². The molecule has 1 rings (SSSR count). The predicted molar refractivity (Wildman–Crippen MR) is 33.0 cm³/mol. The highest BCUT2D eigenvalue weighted by molar-refractivity contribution is 4.81. The second-order valence-corrected chi connectivity index (χ2v) is 2.39. The van der Waals surface area contributed by atoms with Gasteiger partial charge in [-0.15, -0.1) is 0 Å². The van der Waals surface area contributed by atoms with E-state index in [1.807, 2.05) is 0 Å². The Morgan fingerprint density at radius 2 is 1.91 bits per heavy atom. The van der Waals surface area contributed by atoms with Crippen molar-refractivity contribution >= 4 is 0 Å². The molecule has 6 nitrogen and oxygen atoms in total. The first-order chi connectivity index (χ1) is 5.16. The molecule has 1 fully saturated rings. The Balaban J connectivity index is 2.52. The molecule has 1 heterocycles. The summed E-state index contributed by atoms with van der Waals surface area (Å²) in [5.74, 6) is 4.72. The van der Waals surface area contributed by atoms with E-state index in [9.17, 15) is 0 Å². The van der Waals surface area contributed by atoms with Gasteiger partial charge in [0.1, 0.15) is 18.3 Å². The summed E-state index contributed by atoms with van der Waals surface area (Å²) in [6.45, 7) is -0.0971. The van der Waals surface area contributed by atoms with Gasteiger partial charge in [-0.1, -0.05) is 0 Å². The zero-order valence-electron chi connectivity index (χ0n) is 5.75. The molecule has 1 aliphatic heterocycles. The Labute approximate surface area is 63.1 Å². The summed E-state index contributed by atoms with van der Waals surface area (Å²) in [5.41, 5.74) is 0. The average molecular weight is 165 g/mol. The third-order valence-corrected chi connectivity index (χ3v) is 1.59. The van der Waals surface area contributed by atoms with Crippen LogP contribution in [0.15, 0.2) is 0 Å². The number of hydrogen-bond donors (Lipinski definition) is 4. The van der Waals surface area contributed by atoms with Crippen molar-refractivity contribution in [2.24, 2.45) is 5.90 Å². The van der Waals surface area contributed by atoms with E-state index in [0.29, 0.717) is 0 Å². The fourth-order valence-electron chi connectivity index (χ4n) is 0.899. The zero-order valence-corrected chi connectivity index (χ0v) is 5.75. The van der Waals surface area contributed by atoms with E-state index in [-0.39, 0.29) is 6.61 Å². The fraction of sp³-hybridized carbons (Fsp3) is 1.00. The molecule has 11 heavy (non-hydrogen) atoms. The third kappa shape index (κ3) is 1.67. The van der Waals surface area contributed by atoms with Crippen molar-refractivity contribution < 1.29 is 24.9 Å². The molecule has 1 aliphatic rings. The SMILES string of the molecule is NO[C@@H]1OC[C@@H](O)C(O)C1O. The van der Waals surface area contributed by atoms with Crippen molar-refractivity contribution in [3.05, 3.63) is 0 Å². The van der Waals surface area contributed by atoms with Gasteiger partial charge < -0.3 is 20.1 Å². The van der Waals surface area contributed by atoms with Crippen LogP contribution >= 0.6 is 0 Å². The van der Waals surface area contributed by atoms with Gasteiger partial charge in [0.2, 0.25) is 6.29 Å². The molecule has 0 aliphatic carbocycles. The Kier molecular flexibility index (Phi) is 2.77. The van der Waals surface area contributed by atoms with Crippen molar-refractivity contribution in [3.63, 3.8) is 0 Å². The maximum atomic E-state index is 9.07. The number of aliphatic hydroxyl groups excluding tert-OH is 3. The van der Waals surface area contributed by atoms with Gasteiger partial charge >= 0.3 is 0 Å². The first-order valence-electron chi connectivity index (χ1n) is 3.18. The molecule has 66 valence electrons. The summed E-state index contributed by atoms with van der Waals surface area (Å²) in [5, 5.41) is 27.0. The molecule has 4 atom stereocenters. The molecule has 2 unspecified atom stereocenters. The largest absolute Gasteiger partial charge is 0.388 e. The van der Waals surface area contributed by atoms with Gasteiger partial charge in [0, 0.05) is 0 Å². The number of aliphatic hydroxyl groups is 3. The smallest absolute Gasteiger partial charge is 0.205 e. The van der Waals surface area contributed by atoms with E-state index in [0.717, 1.165) is 0 Å². The summed E-state index contributed by atoms with van der Waals surface area (Å²) < 4.78 is 4.71. The number of hydrogen-bond acceptors (Lipinski definition) is 6. The lowest BCUT2D eigenvalue weighted by Crippen LogP contribution is -2.54. The van der Waals surface area contributed by atoms with E-state index in [1.54, 1.807) is 0 Å². The van der Waals surface area contributed by atoms with Crippen LogP contribution in [0.5, 0.6) is 0 Å². The van der Waals surface area contributed by atoms with Crippen molar-refractivity contribution in [1.82, 2.24) is 0 Å². The minimum atomic E-state index is -1.30. The lowest BCUT2D eigenvalue weighted by atomic mass is 10.1. The van der Waals surface area contributed by atoms with Crippen LogP contribution in [0.25, 0.3) is 0 Å². The van der Waals surface area contributed by atoms with Gasteiger partial charge in [-0.3, -0.25) is 4.84 Å². The van der Waals surface area contributed by atoms with Gasteiger partial charge in [0.25, 0.3) is 0 Å². The van der Waals surface area contributed by atoms with Crippen molar-refractivity contribution in [2.45, 2.75) is 24.6 Å². The van der Waals surface area contributed by atoms with E-state index < -0.39 is 24.6 Å². The second kappa shape index (κ2) is 3.44. The monoisotopic (exact) mass is 165 g/mol. The summed E-state index contributed by atoms with van der Waals surface area (Å²) >= 11 is 0. The minimum absolute atomic E-state index is 0.0971. The van der Waals surface area contributed by atoms with Gasteiger partial charge in [-0.25, -0.2) is 5.90 Å². The summed E-state index contributed by atoms with van der Waals surface area (Å²) in [4.78, 5) is 4.18. The third-order valence-electron chi connectivity index (χ3n) is 1.59.